The molecular formula is C18H20N2OS2. The van der Waals surface area contributed by atoms with Crippen LogP contribution in [0, 0.1) is 6.92 Å². The number of hydrogen-bond acceptors (Lipinski definition) is 4. The lowest BCUT2D eigenvalue weighted by molar-refractivity contribution is 0.709. The fraction of sp³-hybridized carbons (Fsp3) is 0.278. The molecule has 3 aromatic rings. The Morgan fingerprint density at radius 3 is 2.74 bits per heavy atom. The Bertz CT molecular complexity index is 831. The van der Waals surface area contributed by atoms with Crippen LogP contribution in [0.25, 0.3) is 10.4 Å². The largest absolute Gasteiger partial charge is 0.326 e. The molecule has 0 fully saturated rings. The van der Waals surface area contributed by atoms with Gasteiger partial charge in [-0.1, -0.05) is 13.0 Å². The Balaban J connectivity index is 1.72. The molecule has 0 saturated heterocycles. The molecule has 3 rings (SSSR count). The van der Waals surface area contributed by atoms with Gasteiger partial charge in [-0.2, -0.15) is 0 Å². The zero-order chi connectivity index (χ0) is 16.2. The highest BCUT2D eigenvalue weighted by Crippen LogP contribution is 2.30. The molecule has 0 atom stereocenters. The van der Waals surface area contributed by atoms with E-state index in [1.54, 1.807) is 22.7 Å². The van der Waals surface area contributed by atoms with Gasteiger partial charge in [-0.25, -0.2) is 0 Å². The molecule has 3 aromatic heterocycles. The lowest BCUT2D eigenvalue weighted by Crippen LogP contribution is -2.13. The molecule has 0 aliphatic carbocycles. The van der Waals surface area contributed by atoms with Crippen molar-refractivity contribution in [2.45, 2.75) is 33.4 Å². The number of pyridine rings is 1. The minimum atomic E-state index is 0.0307. The smallest absolute Gasteiger partial charge is 0.251 e. The minimum Gasteiger partial charge on any atom is -0.326 e. The Kier molecular flexibility index (Phi) is 5.10. The van der Waals surface area contributed by atoms with Crippen LogP contribution in [-0.4, -0.2) is 4.98 Å². The van der Waals surface area contributed by atoms with Gasteiger partial charge in [0.05, 0.1) is 0 Å². The molecule has 5 heteroatoms. The number of aryl methyl sites for hydroxylation is 2. The Morgan fingerprint density at radius 2 is 2.00 bits per heavy atom. The molecule has 0 aromatic carbocycles. The van der Waals surface area contributed by atoms with Crippen molar-refractivity contribution in [3.05, 3.63) is 67.1 Å². The van der Waals surface area contributed by atoms with Crippen LogP contribution >= 0.6 is 22.7 Å². The zero-order valence-electron chi connectivity index (χ0n) is 13.3. The quantitative estimate of drug-likeness (QED) is 0.699. The fourth-order valence-corrected chi connectivity index (χ4v) is 4.25. The SMILES string of the molecule is CCc1cc(-c2ccc(CNCc3cccs3)s2)c(C)[nH]c1=O. The molecule has 0 spiro atoms. The summed E-state index contributed by atoms with van der Waals surface area (Å²) in [6, 6.07) is 10.6. The summed E-state index contributed by atoms with van der Waals surface area (Å²) in [5.41, 5.74) is 2.95. The van der Waals surface area contributed by atoms with E-state index >= 15 is 0 Å². The van der Waals surface area contributed by atoms with Crippen LogP contribution in [-0.2, 0) is 19.5 Å². The van der Waals surface area contributed by atoms with E-state index in [0.29, 0.717) is 0 Å². The van der Waals surface area contributed by atoms with E-state index in [2.05, 4.69) is 39.9 Å². The molecule has 3 heterocycles. The number of hydrogen-bond donors (Lipinski definition) is 2. The van der Waals surface area contributed by atoms with Gasteiger partial charge >= 0.3 is 0 Å². The van der Waals surface area contributed by atoms with Gasteiger partial charge in [0.2, 0.25) is 0 Å². The summed E-state index contributed by atoms with van der Waals surface area (Å²) in [6.45, 7) is 5.75. The lowest BCUT2D eigenvalue weighted by atomic mass is 10.1. The number of nitrogens with one attached hydrogen (secondary N) is 2. The molecule has 0 aliphatic heterocycles. The highest BCUT2D eigenvalue weighted by molar-refractivity contribution is 7.15. The standard InChI is InChI=1S/C18H20N2OS2/c1-3-13-9-16(12(2)20-18(13)21)17-7-6-15(23-17)11-19-10-14-5-4-8-22-14/h4-9,19H,3,10-11H2,1-2H3,(H,20,21). The molecule has 3 nitrogen and oxygen atoms in total. The molecule has 2 N–H and O–H groups in total. The normalized spacial score (nSPS) is 11.0. The maximum Gasteiger partial charge on any atom is 0.251 e. The summed E-state index contributed by atoms with van der Waals surface area (Å²) < 4.78 is 0. The molecule has 0 radical (unpaired) electrons. The van der Waals surface area contributed by atoms with E-state index in [9.17, 15) is 4.79 Å². The molecule has 0 saturated carbocycles. The van der Waals surface area contributed by atoms with Crippen LogP contribution in [0.3, 0.4) is 0 Å². The van der Waals surface area contributed by atoms with Crippen molar-refractivity contribution >= 4 is 22.7 Å². The average Bonchev–Trinajstić information content (AvgIpc) is 3.19. The van der Waals surface area contributed by atoms with E-state index < -0.39 is 0 Å². The summed E-state index contributed by atoms with van der Waals surface area (Å²) in [5, 5.41) is 5.58. The van der Waals surface area contributed by atoms with Crippen molar-refractivity contribution in [2.75, 3.05) is 0 Å². The topological polar surface area (TPSA) is 44.9 Å². The van der Waals surface area contributed by atoms with Gasteiger partial charge in [0, 0.05) is 44.5 Å². The molecule has 120 valence electrons. The summed E-state index contributed by atoms with van der Waals surface area (Å²) in [7, 11) is 0. The second kappa shape index (κ2) is 7.25. The van der Waals surface area contributed by atoms with Gasteiger partial charge in [-0.3, -0.25) is 4.79 Å². The third-order valence-corrected chi connectivity index (χ3v) is 5.80. The first-order valence-corrected chi connectivity index (χ1v) is 9.42. The van der Waals surface area contributed by atoms with Crippen molar-refractivity contribution < 1.29 is 0 Å². The minimum absolute atomic E-state index is 0.0307. The highest BCUT2D eigenvalue weighted by atomic mass is 32.1. The molecule has 0 unspecified atom stereocenters. The third kappa shape index (κ3) is 3.80. The van der Waals surface area contributed by atoms with Gasteiger partial charge in [0.25, 0.3) is 5.56 Å². The van der Waals surface area contributed by atoms with Crippen LogP contribution in [0.5, 0.6) is 0 Å². The van der Waals surface area contributed by atoms with E-state index in [1.807, 2.05) is 19.9 Å². The number of aromatic nitrogens is 1. The summed E-state index contributed by atoms with van der Waals surface area (Å²) in [5.74, 6) is 0. The first-order chi connectivity index (χ1) is 11.2. The lowest BCUT2D eigenvalue weighted by Gasteiger charge is -2.05. The van der Waals surface area contributed by atoms with Crippen molar-refractivity contribution in [1.29, 1.82) is 0 Å². The molecule has 23 heavy (non-hydrogen) atoms. The Morgan fingerprint density at radius 1 is 1.17 bits per heavy atom. The second-order valence-electron chi connectivity index (χ2n) is 5.46. The van der Waals surface area contributed by atoms with Crippen LogP contribution in [0.4, 0.5) is 0 Å². The monoisotopic (exact) mass is 344 g/mol. The maximum atomic E-state index is 11.9. The first-order valence-electron chi connectivity index (χ1n) is 7.72. The van der Waals surface area contributed by atoms with Crippen LogP contribution in [0.1, 0.15) is 27.9 Å². The van der Waals surface area contributed by atoms with E-state index in [-0.39, 0.29) is 5.56 Å². The fourth-order valence-electron chi connectivity index (χ4n) is 2.52. The predicted octanol–water partition coefficient (Wildman–Crippen LogP) is 4.33. The van der Waals surface area contributed by atoms with E-state index in [1.165, 1.54) is 14.6 Å². The summed E-state index contributed by atoms with van der Waals surface area (Å²) in [4.78, 5) is 18.7. The van der Waals surface area contributed by atoms with Crippen molar-refractivity contribution in [3.8, 4) is 10.4 Å². The Hall–Kier alpha value is -1.69. The van der Waals surface area contributed by atoms with Gasteiger partial charge < -0.3 is 10.3 Å². The second-order valence-corrected chi connectivity index (χ2v) is 7.67. The molecule has 0 bridgehead atoms. The van der Waals surface area contributed by atoms with Crippen LogP contribution in [0.2, 0.25) is 0 Å². The van der Waals surface area contributed by atoms with Crippen molar-refractivity contribution in [3.63, 3.8) is 0 Å². The predicted molar refractivity (Wildman–Crippen MR) is 99.4 cm³/mol. The number of thiophene rings is 2. The van der Waals surface area contributed by atoms with Gasteiger partial charge in [0.15, 0.2) is 0 Å². The van der Waals surface area contributed by atoms with Gasteiger partial charge in [0.1, 0.15) is 0 Å². The maximum absolute atomic E-state index is 11.9. The summed E-state index contributed by atoms with van der Waals surface area (Å²) >= 11 is 3.56. The van der Waals surface area contributed by atoms with Crippen LogP contribution < -0.4 is 10.9 Å². The number of aromatic amines is 1. The average molecular weight is 345 g/mol. The molecule has 0 aliphatic rings. The van der Waals surface area contributed by atoms with Gasteiger partial charge in [-0.05, 0) is 43.0 Å². The first kappa shape index (κ1) is 16.2. The van der Waals surface area contributed by atoms with Crippen molar-refractivity contribution in [1.82, 2.24) is 10.3 Å². The van der Waals surface area contributed by atoms with E-state index in [0.717, 1.165) is 36.3 Å². The van der Waals surface area contributed by atoms with Crippen molar-refractivity contribution in [2.24, 2.45) is 0 Å². The highest BCUT2D eigenvalue weighted by Gasteiger charge is 2.09. The molecular weight excluding hydrogens is 324 g/mol. The van der Waals surface area contributed by atoms with E-state index in [4.69, 9.17) is 0 Å². The van der Waals surface area contributed by atoms with Gasteiger partial charge in [-0.15, -0.1) is 22.7 Å². The third-order valence-electron chi connectivity index (χ3n) is 3.80. The number of rotatable bonds is 6. The zero-order valence-corrected chi connectivity index (χ0v) is 14.9. The number of H-pyrrole nitrogens is 1. The molecule has 0 amide bonds. The Labute approximate surface area is 144 Å². The summed E-state index contributed by atoms with van der Waals surface area (Å²) in [6.07, 6.45) is 0.753. The van der Waals surface area contributed by atoms with Crippen LogP contribution in [0.15, 0.2) is 40.5 Å².